The monoisotopic (exact) mass is 516 g/mol. The molecule has 0 fully saturated rings. The average molecular weight is 518 g/mol. The largest absolute Gasteiger partial charge is 0.310 e. The third-order valence-electron chi connectivity index (χ3n) is 4.91. The predicted molar refractivity (Wildman–Crippen MR) is 136 cm³/mol. The minimum absolute atomic E-state index is 0.147. The summed E-state index contributed by atoms with van der Waals surface area (Å²) >= 11 is 19.6. The summed E-state index contributed by atoms with van der Waals surface area (Å²) in [7, 11) is 0. The molecule has 0 bridgehead atoms. The molecule has 0 aliphatic heterocycles. The van der Waals surface area contributed by atoms with Gasteiger partial charge in [-0.2, -0.15) is 0 Å². The Morgan fingerprint density at radius 3 is 2.45 bits per heavy atom. The molecular formula is C24H19Cl3N4OS. The number of hydrogen-bond donors (Lipinski definition) is 0. The number of allylic oxidation sites excluding steroid dienone is 1. The average Bonchev–Trinajstić information content (AvgIpc) is 3.20. The Hall–Kier alpha value is -2.51. The number of hydrogen-bond acceptors (Lipinski definition) is 4. The first kappa shape index (κ1) is 23.6. The zero-order valence-corrected chi connectivity index (χ0v) is 20.5. The molecule has 4 rings (SSSR count). The Morgan fingerprint density at radius 2 is 1.73 bits per heavy atom. The summed E-state index contributed by atoms with van der Waals surface area (Å²) in [5, 5.41) is 11.0. The molecule has 5 nitrogen and oxygen atoms in total. The lowest BCUT2D eigenvalue weighted by Gasteiger charge is -2.10. The van der Waals surface area contributed by atoms with E-state index in [-0.39, 0.29) is 5.56 Å². The number of rotatable bonds is 8. The summed E-state index contributed by atoms with van der Waals surface area (Å²) in [6, 6.07) is 16.5. The molecule has 0 radical (unpaired) electrons. The van der Waals surface area contributed by atoms with Crippen LogP contribution < -0.4 is 5.56 Å². The second-order valence-electron chi connectivity index (χ2n) is 7.22. The van der Waals surface area contributed by atoms with Gasteiger partial charge in [0, 0.05) is 23.5 Å². The Labute approximate surface area is 210 Å². The number of aromatic nitrogens is 4. The van der Waals surface area contributed by atoms with Gasteiger partial charge >= 0.3 is 0 Å². The molecule has 0 unspecified atom stereocenters. The third kappa shape index (κ3) is 5.53. The van der Waals surface area contributed by atoms with Crippen molar-refractivity contribution in [1.29, 1.82) is 0 Å². The second kappa shape index (κ2) is 10.6. The van der Waals surface area contributed by atoms with Crippen LogP contribution in [0.15, 0.2) is 83.4 Å². The first-order chi connectivity index (χ1) is 16.0. The molecule has 0 amide bonds. The van der Waals surface area contributed by atoms with Crippen molar-refractivity contribution in [2.75, 3.05) is 0 Å². The molecule has 0 atom stereocenters. The number of thioether (sulfide) groups is 1. The third-order valence-corrected chi connectivity index (χ3v) is 6.94. The van der Waals surface area contributed by atoms with Crippen molar-refractivity contribution in [2.24, 2.45) is 0 Å². The lowest BCUT2D eigenvalue weighted by molar-refractivity contribution is 0.724. The van der Waals surface area contributed by atoms with Crippen molar-refractivity contribution in [3.63, 3.8) is 0 Å². The van der Waals surface area contributed by atoms with Crippen molar-refractivity contribution in [3.8, 4) is 11.4 Å². The fourth-order valence-electron chi connectivity index (χ4n) is 3.28. The maximum Gasteiger partial charge on any atom is 0.261 e. The van der Waals surface area contributed by atoms with Gasteiger partial charge in [-0.3, -0.25) is 9.36 Å². The molecule has 4 aromatic rings. The highest BCUT2D eigenvalue weighted by Crippen LogP contribution is 2.28. The van der Waals surface area contributed by atoms with Gasteiger partial charge in [0.15, 0.2) is 11.0 Å². The van der Waals surface area contributed by atoms with Gasteiger partial charge in [-0.25, -0.2) is 0 Å². The molecular weight excluding hydrogens is 499 g/mol. The Balaban J connectivity index is 1.62. The smallest absolute Gasteiger partial charge is 0.261 e. The SMILES string of the molecule is C=CCn1c(SCc2ccc(Cl)c(Cl)c2)nnc1-c1cccn(Cc2ccc(Cl)cc2)c1=O. The molecule has 0 saturated carbocycles. The second-order valence-corrected chi connectivity index (χ2v) is 9.42. The van der Waals surface area contributed by atoms with Crippen LogP contribution >= 0.6 is 46.6 Å². The highest BCUT2D eigenvalue weighted by molar-refractivity contribution is 7.98. The van der Waals surface area contributed by atoms with E-state index in [1.807, 2.05) is 47.0 Å². The van der Waals surface area contributed by atoms with E-state index >= 15 is 0 Å². The van der Waals surface area contributed by atoms with E-state index in [9.17, 15) is 4.79 Å². The van der Waals surface area contributed by atoms with E-state index in [0.717, 1.165) is 11.1 Å². The Bertz CT molecular complexity index is 1350. The highest BCUT2D eigenvalue weighted by atomic mass is 35.5. The van der Waals surface area contributed by atoms with Gasteiger partial charge in [0.1, 0.15) is 0 Å². The molecule has 2 heterocycles. The van der Waals surface area contributed by atoms with Crippen LogP contribution in [0.2, 0.25) is 15.1 Å². The quantitative estimate of drug-likeness (QED) is 0.195. The van der Waals surface area contributed by atoms with E-state index in [4.69, 9.17) is 34.8 Å². The fourth-order valence-corrected chi connectivity index (χ4v) is 4.62. The lowest BCUT2D eigenvalue weighted by atomic mass is 10.2. The molecule has 0 aliphatic rings. The molecule has 0 saturated heterocycles. The maximum absolute atomic E-state index is 13.3. The maximum atomic E-state index is 13.3. The van der Waals surface area contributed by atoms with Gasteiger partial charge in [-0.1, -0.05) is 70.8 Å². The van der Waals surface area contributed by atoms with Crippen LogP contribution in [0.3, 0.4) is 0 Å². The van der Waals surface area contributed by atoms with Gasteiger partial charge < -0.3 is 4.57 Å². The van der Waals surface area contributed by atoms with Gasteiger partial charge in [0.2, 0.25) is 0 Å². The summed E-state index contributed by atoms with van der Waals surface area (Å²) in [6.07, 6.45) is 3.51. The topological polar surface area (TPSA) is 52.7 Å². The molecule has 2 aromatic carbocycles. The van der Waals surface area contributed by atoms with Crippen molar-refractivity contribution in [3.05, 3.63) is 110 Å². The fraction of sp³-hybridized carbons (Fsp3) is 0.125. The first-order valence-corrected chi connectivity index (χ1v) is 12.1. The number of benzene rings is 2. The Kier molecular flexibility index (Phi) is 7.60. The van der Waals surface area contributed by atoms with Crippen molar-refractivity contribution in [2.45, 2.75) is 24.0 Å². The summed E-state index contributed by atoms with van der Waals surface area (Å²) in [5.74, 6) is 1.13. The van der Waals surface area contributed by atoms with Crippen LogP contribution in [0.4, 0.5) is 0 Å². The van der Waals surface area contributed by atoms with Gasteiger partial charge in [-0.15, -0.1) is 16.8 Å². The molecule has 0 spiro atoms. The molecule has 9 heteroatoms. The summed E-state index contributed by atoms with van der Waals surface area (Å²) in [5.41, 5.74) is 2.31. The van der Waals surface area contributed by atoms with Crippen molar-refractivity contribution in [1.82, 2.24) is 19.3 Å². The normalized spacial score (nSPS) is 11.0. The van der Waals surface area contributed by atoms with E-state index in [2.05, 4.69) is 16.8 Å². The van der Waals surface area contributed by atoms with Gasteiger partial charge in [-0.05, 0) is 47.5 Å². The summed E-state index contributed by atoms with van der Waals surface area (Å²) in [4.78, 5) is 13.3. The number of nitrogens with zero attached hydrogens (tertiary/aromatic N) is 4. The standard InChI is InChI=1S/C24H19Cl3N4OS/c1-2-11-31-22(28-29-24(31)33-15-17-7-10-20(26)21(27)13-17)19-4-3-12-30(23(19)32)14-16-5-8-18(25)9-6-16/h2-10,12-13H,1,11,14-15H2. The van der Waals surface area contributed by atoms with Gasteiger partial charge in [0.25, 0.3) is 5.56 Å². The van der Waals surface area contributed by atoms with Crippen LogP contribution in [0.5, 0.6) is 0 Å². The van der Waals surface area contributed by atoms with Crippen molar-refractivity contribution >= 4 is 46.6 Å². The van der Waals surface area contributed by atoms with Crippen LogP contribution in [-0.2, 0) is 18.8 Å². The number of halogens is 3. The van der Waals surface area contributed by atoms with Crippen LogP contribution in [0, 0.1) is 0 Å². The van der Waals surface area contributed by atoms with Gasteiger partial charge in [0.05, 0.1) is 22.2 Å². The lowest BCUT2D eigenvalue weighted by Crippen LogP contribution is -2.22. The minimum Gasteiger partial charge on any atom is -0.310 e. The predicted octanol–water partition coefficient (Wildman–Crippen LogP) is 6.59. The molecule has 168 valence electrons. The first-order valence-electron chi connectivity index (χ1n) is 10.0. The van der Waals surface area contributed by atoms with E-state index in [1.54, 1.807) is 29.0 Å². The zero-order valence-electron chi connectivity index (χ0n) is 17.4. The van der Waals surface area contributed by atoms with Crippen molar-refractivity contribution < 1.29 is 0 Å². The molecule has 0 N–H and O–H groups in total. The van der Waals surface area contributed by atoms with Crippen LogP contribution in [-0.4, -0.2) is 19.3 Å². The van der Waals surface area contributed by atoms with E-state index < -0.39 is 0 Å². The van der Waals surface area contributed by atoms with E-state index in [0.29, 0.717) is 50.5 Å². The Morgan fingerprint density at radius 1 is 0.970 bits per heavy atom. The summed E-state index contributed by atoms with van der Waals surface area (Å²) in [6.45, 7) is 4.74. The van der Waals surface area contributed by atoms with Crippen LogP contribution in [0.1, 0.15) is 11.1 Å². The number of pyridine rings is 1. The minimum atomic E-state index is -0.147. The zero-order chi connectivity index (χ0) is 23.4. The molecule has 33 heavy (non-hydrogen) atoms. The van der Waals surface area contributed by atoms with Crippen LogP contribution in [0.25, 0.3) is 11.4 Å². The summed E-state index contributed by atoms with van der Waals surface area (Å²) < 4.78 is 3.53. The molecule has 0 aliphatic carbocycles. The van der Waals surface area contributed by atoms with E-state index in [1.165, 1.54) is 11.8 Å². The highest BCUT2D eigenvalue weighted by Gasteiger charge is 2.17. The molecule has 2 aromatic heterocycles.